The molecule has 1 radical (unpaired) electrons. The zero-order chi connectivity index (χ0) is 12.8. The molecule has 1 atom stereocenters. The number of carbonyl (C=O) groups excluding carboxylic acids is 2. The van der Waals surface area contributed by atoms with E-state index in [1.165, 1.54) is 38.5 Å². The van der Waals surface area contributed by atoms with Gasteiger partial charge in [0.2, 0.25) is 0 Å². The van der Waals surface area contributed by atoms with Crippen molar-refractivity contribution in [1.82, 2.24) is 5.32 Å². The van der Waals surface area contributed by atoms with Crippen LogP contribution < -0.4 is 5.32 Å². The van der Waals surface area contributed by atoms with Gasteiger partial charge in [-0.1, -0.05) is 51.9 Å². The highest BCUT2D eigenvalue weighted by Crippen LogP contribution is 2.10. The molecule has 0 fully saturated rings. The predicted octanol–water partition coefficient (Wildman–Crippen LogP) is 2.67. The van der Waals surface area contributed by atoms with Gasteiger partial charge in [0.15, 0.2) is 6.23 Å². The maximum atomic E-state index is 10.1. The molecule has 4 nitrogen and oxygen atoms in total. The molecule has 0 bridgehead atoms. The number of hydrogen-bond donors (Lipinski definition) is 1. The second kappa shape index (κ2) is 13.0. The number of carbonyl (C=O) groups is 1. The molecule has 0 aliphatic rings. The standard InChI is InChI=1S/C13H24NO3/c1-2-3-4-5-6-7-8-9-10-13(14-11-15)17-12-16/h12-13H,2-10H2,1H3,(H,14,15). The Hall–Kier alpha value is -1.06. The second-order valence-corrected chi connectivity index (χ2v) is 4.23. The van der Waals surface area contributed by atoms with Crippen LogP contribution in [0.4, 0.5) is 0 Å². The first-order valence-corrected chi connectivity index (χ1v) is 6.57. The zero-order valence-corrected chi connectivity index (χ0v) is 10.7. The Labute approximate surface area is 104 Å². The molecule has 0 heterocycles. The molecule has 1 N–H and O–H groups in total. The summed E-state index contributed by atoms with van der Waals surface area (Å²) in [5, 5.41) is 2.34. The second-order valence-electron chi connectivity index (χ2n) is 4.23. The van der Waals surface area contributed by atoms with Gasteiger partial charge >= 0.3 is 6.41 Å². The Bertz CT molecular complexity index is 176. The number of ether oxygens (including phenoxy) is 1. The molecular formula is C13H24NO3. The minimum absolute atomic E-state index is 0.361. The fraction of sp³-hybridized carbons (Fsp3) is 0.846. The van der Waals surface area contributed by atoms with Crippen LogP contribution in [0.1, 0.15) is 64.7 Å². The van der Waals surface area contributed by atoms with Crippen LogP contribution >= 0.6 is 0 Å². The van der Waals surface area contributed by atoms with Gasteiger partial charge in [0.05, 0.1) is 0 Å². The van der Waals surface area contributed by atoms with Gasteiger partial charge in [-0.25, -0.2) is 0 Å². The molecule has 1 unspecified atom stereocenters. The van der Waals surface area contributed by atoms with Gasteiger partial charge in [0, 0.05) is 6.42 Å². The van der Waals surface area contributed by atoms with Crippen LogP contribution in [0.25, 0.3) is 0 Å². The van der Waals surface area contributed by atoms with Crippen LogP contribution in [-0.2, 0) is 14.3 Å². The van der Waals surface area contributed by atoms with Crippen LogP contribution in [0.5, 0.6) is 0 Å². The topological polar surface area (TPSA) is 55.4 Å². The van der Waals surface area contributed by atoms with E-state index in [4.69, 9.17) is 0 Å². The first-order chi connectivity index (χ1) is 8.35. The number of hydrogen-bond acceptors (Lipinski definition) is 3. The van der Waals surface area contributed by atoms with Gasteiger partial charge in [-0.15, -0.1) is 0 Å². The van der Waals surface area contributed by atoms with E-state index in [0.29, 0.717) is 12.9 Å². The highest BCUT2D eigenvalue weighted by atomic mass is 16.5. The Morgan fingerprint density at radius 3 is 2.24 bits per heavy atom. The third-order valence-corrected chi connectivity index (χ3v) is 2.76. The van der Waals surface area contributed by atoms with Crippen molar-refractivity contribution >= 4 is 12.9 Å². The van der Waals surface area contributed by atoms with E-state index in [1.54, 1.807) is 6.41 Å². The van der Waals surface area contributed by atoms with E-state index in [2.05, 4.69) is 17.0 Å². The smallest absolute Gasteiger partial charge is 0.312 e. The summed E-state index contributed by atoms with van der Waals surface area (Å²) in [6.07, 6.45) is 11.5. The van der Waals surface area contributed by atoms with E-state index in [0.717, 1.165) is 12.8 Å². The predicted molar refractivity (Wildman–Crippen MR) is 67.0 cm³/mol. The van der Waals surface area contributed by atoms with E-state index >= 15 is 0 Å². The van der Waals surface area contributed by atoms with Crippen molar-refractivity contribution < 1.29 is 14.3 Å². The van der Waals surface area contributed by atoms with E-state index in [-0.39, 0.29) is 0 Å². The van der Waals surface area contributed by atoms with Gasteiger partial charge in [-0.05, 0) is 6.42 Å². The first kappa shape index (κ1) is 15.9. The summed E-state index contributed by atoms with van der Waals surface area (Å²) in [6.45, 7) is 2.57. The van der Waals surface area contributed by atoms with Gasteiger partial charge in [0.1, 0.15) is 0 Å². The summed E-state index contributed by atoms with van der Waals surface area (Å²) < 4.78 is 4.69. The van der Waals surface area contributed by atoms with Crippen LogP contribution in [0.2, 0.25) is 0 Å². The van der Waals surface area contributed by atoms with Crippen LogP contribution in [0.15, 0.2) is 0 Å². The molecule has 0 aliphatic heterocycles. The average molecular weight is 242 g/mol. The Balaban J connectivity index is 3.29. The summed E-state index contributed by atoms with van der Waals surface area (Å²) in [5.41, 5.74) is 0. The van der Waals surface area contributed by atoms with Crippen LogP contribution in [0.3, 0.4) is 0 Å². The monoisotopic (exact) mass is 242 g/mol. The van der Waals surface area contributed by atoms with Gasteiger partial charge < -0.3 is 10.1 Å². The molecular weight excluding hydrogens is 218 g/mol. The van der Waals surface area contributed by atoms with Crippen LogP contribution in [0, 0.1) is 0 Å². The molecule has 0 rings (SSSR count). The van der Waals surface area contributed by atoms with Crippen molar-refractivity contribution in [2.45, 2.75) is 70.9 Å². The minimum atomic E-state index is -0.509. The third kappa shape index (κ3) is 11.2. The maximum absolute atomic E-state index is 10.1. The molecule has 99 valence electrons. The van der Waals surface area contributed by atoms with Crippen molar-refractivity contribution in [2.24, 2.45) is 0 Å². The molecule has 0 aromatic heterocycles. The molecule has 0 saturated carbocycles. The lowest BCUT2D eigenvalue weighted by molar-refractivity contribution is -0.134. The van der Waals surface area contributed by atoms with E-state index in [1.807, 2.05) is 0 Å². The summed E-state index contributed by atoms with van der Waals surface area (Å²) in [4.78, 5) is 20.2. The molecule has 0 aromatic rings. The van der Waals surface area contributed by atoms with Gasteiger partial charge in [-0.3, -0.25) is 9.59 Å². The lowest BCUT2D eigenvalue weighted by atomic mass is 10.1. The summed E-state index contributed by atoms with van der Waals surface area (Å²) in [6, 6.07) is 0. The summed E-state index contributed by atoms with van der Waals surface area (Å²) >= 11 is 0. The van der Waals surface area contributed by atoms with Crippen molar-refractivity contribution in [1.29, 1.82) is 0 Å². The SMILES string of the molecule is CCCCCCCCCCC(N[C]=O)OC=O. The molecule has 0 aromatic carbocycles. The first-order valence-electron chi connectivity index (χ1n) is 6.57. The molecule has 17 heavy (non-hydrogen) atoms. The lowest BCUT2D eigenvalue weighted by Crippen LogP contribution is -2.30. The third-order valence-electron chi connectivity index (χ3n) is 2.76. The fourth-order valence-corrected chi connectivity index (χ4v) is 1.77. The Morgan fingerprint density at radius 2 is 1.71 bits per heavy atom. The van der Waals surface area contributed by atoms with Crippen LogP contribution in [-0.4, -0.2) is 19.1 Å². The summed E-state index contributed by atoms with van der Waals surface area (Å²) in [5.74, 6) is 0. The Kier molecular flexibility index (Phi) is 12.2. The summed E-state index contributed by atoms with van der Waals surface area (Å²) in [7, 11) is 0. The average Bonchev–Trinajstić information content (AvgIpc) is 2.33. The fourth-order valence-electron chi connectivity index (χ4n) is 1.77. The van der Waals surface area contributed by atoms with Gasteiger partial charge in [-0.2, -0.15) is 0 Å². The van der Waals surface area contributed by atoms with Crippen molar-refractivity contribution in [3.8, 4) is 0 Å². The highest BCUT2D eigenvalue weighted by molar-refractivity contribution is 5.48. The van der Waals surface area contributed by atoms with E-state index in [9.17, 15) is 9.59 Å². The molecule has 1 amide bonds. The normalized spacial score (nSPS) is 11.8. The van der Waals surface area contributed by atoms with E-state index < -0.39 is 6.23 Å². The quantitative estimate of drug-likeness (QED) is 0.234. The Morgan fingerprint density at radius 1 is 1.12 bits per heavy atom. The molecule has 0 aliphatic carbocycles. The minimum Gasteiger partial charge on any atom is -0.444 e. The maximum Gasteiger partial charge on any atom is 0.312 e. The number of unbranched alkanes of at least 4 members (excludes halogenated alkanes) is 7. The highest BCUT2D eigenvalue weighted by Gasteiger charge is 2.06. The molecule has 4 heteroatoms. The molecule has 0 saturated heterocycles. The van der Waals surface area contributed by atoms with Crippen molar-refractivity contribution in [3.63, 3.8) is 0 Å². The van der Waals surface area contributed by atoms with Gasteiger partial charge in [0.25, 0.3) is 6.47 Å². The molecule has 0 spiro atoms. The number of nitrogens with one attached hydrogen (secondary N) is 1. The lowest BCUT2D eigenvalue weighted by Gasteiger charge is -2.12. The zero-order valence-electron chi connectivity index (χ0n) is 10.7. The largest absolute Gasteiger partial charge is 0.444 e. The van der Waals surface area contributed by atoms with Crippen molar-refractivity contribution in [3.05, 3.63) is 0 Å². The van der Waals surface area contributed by atoms with Crippen molar-refractivity contribution in [2.75, 3.05) is 0 Å². The number of rotatable bonds is 13. The number of amides is 1.